The van der Waals surface area contributed by atoms with Gasteiger partial charge in [-0.1, -0.05) is 13.3 Å². The quantitative estimate of drug-likeness (QED) is 0.369. The first kappa shape index (κ1) is 21.6. The van der Waals surface area contributed by atoms with Crippen molar-refractivity contribution in [3.63, 3.8) is 0 Å². The lowest BCUT2D eigenvalue weighted by Crippen LogP contribution is -2.46. The molecular weight excluding hydrogens is 433 g/mol. The number of aryl methyl sites for hydroxylation is 1. The van der Waals surface area contributed by atoms with Gasteiger partial charge in [-0.2, -0.15) is 0 Å². The summed E-state index contributed by atoms with van der Waals surface area (Å²) in [6.07, 6.45) is 8.24. The topological polar surface area (TPSA) is 52.5 Å². The number of hydrogen-bond acceptors (Lipinski definition) is 4. The van der Waals surface area contributed by atoms with E-state index in [1.807, 2.05) is 13.2 Å². The van der Waals surface area contributed by atoms with Crippen LogP contribution in [0.15, 0.2) is 11.2 Å². The van der Waals surface area contributed by atoms with Crippen LogP contribution < -0.4 is 10.6 Å². The van der Waals surface area contributed by atoms with Crippen molar-refractivity contribution in [1.82, 2.24) is 20.5 Å². The Bertz CT molecular complexity index is 491. The van der Waals surface area contributed by atoms with Gasteiger partial charge in [0, 0.05) is 50.2 Å². The van der Waals surface area contributed by atoms with Crippen LogP contribution in [-0.4, -0.2) is 55.1 Å². The molecule has 1 aromatic rings. The number of aliphatic imine (C=N–C) groups is 1. The average molecular weight is 465 g/mol. The number of hydrogen-bond donors (Lipinski definition) is 2. The fourth-order valence-electron chi connectivity index (χ4n) is 3.16. The van der Waals surface area contributed by atoms with Crippen LogP contribution in [0.2, 0.25) is 0 Å². The van der Waals surface area contributed by atoms with Gasteiger partial charge in [0.1, 0.15) is 0 Å². The smallest absolute Gasteiger partial charge is 0.191 e. The van der Waals surface area contributed by atoms with E-state index in [-0.39, 0.29) is 24.0 Å². The van der Waals surface area contributed by atoms with Crippen LogP contribution in [0.1, 0.15) is 42.5 Å². The van der Waals surface area contributed by atoms with Gasteiger partial charge in [-0.05, 0) is 32.7 Å². The molecule has 1 fully saturated rings. The average Bonchev–Trinajstić information content (AvgIpc) is 2.99. The SMILES string of the molecule is CCC1CCCCN1CCNC(=NC)NCCc1ncc(C)s1.I. The lowest BCUT2D eigenvalue weighted by atomic mass is 10.0. The Balaban J connectivity index is 0.00000288. The molecule has 1 atom stereocenters. The normalized spacial score (nSPS) is 19.0. The lowest BCUT2D eigenvalue weighted by Gasteiger charge is -2.35. The van der Waals surface area contributed by atoms with Gasteiger partial charge in [0.2, 0.25) is 0 Å². The van der Waals surface area contributed by atoms with Crippen LogP contribution in [0, 0.1) is 6.92 Å². The fourth-order valence-corrected chi connectivity index (χ4v) is 3.95. The second-order valence-corrected chi connectivity index (χ2v) is 7.45. The number of aromatic nitrogens is 1. The van der Waals surface area contributed by atoms with E-state index in [9.17, 15) is 0 Å². The van der Waals surface area contributed by atoms with Crippen molar-refractivity contribution in [1.29, 1.82) is 0 Å². The van der Waals surface area contributed by atoms with Crippen molar-refractivity contribution in [3.8, 4) is 0 Å². The first-order chi connectivity index (χ1) is 11.2. The van der Waals surface area contributed by atoms with E-state index in [1.54, 1.807) is 11.3 Å². The standard InChI is InChI=1S/C17H31N5S.HI/c1-4-15-7-5-6-11-22(15)12-10-20-17(18-3)19-9-8-16-21-13-14(2)23-16;/h13,15H,4-12H2,1-3H3,(H2,18,19,20);1H. The molecule has 0 saturated carbocycles. The van der Waals surface area contributed by atoms with Crippen molar-refractivity contribution < 1.29 is 0 Å². The molecule has 1 aliphatic heterocycles. The van der Waals surface area contributed by atoms with Crippen molar-refractivity contribution in [2.24, 2.45) is 4.99 Å². The number of nitrogens with zero attached hydrogens (tertiary/aromatic N) is 3. The number of rotatable bonds is 7. The summed E-state index contributed by atoms with van der Waals surface area (Å²) in [4.78, 5) is 12.6. The highest BCUT2D eigenvalue weighted by Crippen LogP contribution is 2.18. The second kappa shape index (κ2) is 12.0. The minimum absolute atomic E-state index is 0. The number of guanidine groups is 1. The van der Waals surface area contributed by atoms with Crippen molar-refractivity contribution in [3.05, 3.63) is 16.1 Å². The molecule has 1 unspecified atom stereocenters. The van der Waals surface area contributed by atoms with E-state index in [1.165, 1.54) is 42.1 Å². The third kappa shape index (κ3) is 7.23. The Morgan fingerprint density at radius 3 is 2.83 bits per heavy atom. The minimum Gasteiger partial charge on any atom is -0.356 e. The molecule has 5 nitrogen and oxygen atoms in total. The third-order valence-electron chi connectivity index (χ3n) is 4.44. The number of thiazole rings is 1. The molecule has 1 saturated heterocycles. The number of likely N-dealkylation sites (tertiary alicyclic amines) is 1. The molecule has 0 amide bonds. The molecule has 7 heteroatoms. The molecule has 1 aromatic heterocycles. The molecule has 1 aliphatic rings. The number of nitrogens with one attached hydrogen (secondary N) is 2. The molecule has 0 aromatic carbocycles. The van der Waals surface area contributed by atoms with Gasteiger partial charge >= 0.3 is 0 Å². The van der Waals surface area contributed by atoms with Gasteiger partial charge in [0.25, 0.3) is 0 Å². The van der Waals surface area contributed by atoms with Crippen LogP contribution in [-0.2, 0) is 6.42 Å². The van der Waals surface area contributed by atoms with Gasteiger partial charge < -0.3 is 10.6 Å². The van der Waals surface area contributed by atoms with E-state index in [0.29, 0.717) is 0 Å². The van der Waals surface area contributed by atoms with Gasteiger partial charge in [-0.25, -0.2) is 4.98 Å². The minimum atomic E-state index is 0. The van der Waals surface area contributed by atoms with Crippen molar-refractivity contribution in [2.75, 3.05) is 33.2 Å². The van der Waals surface area contributed by atoms with Crippen LogP contribution >= 0.6 is 35.3 Å². The molecule has 0 radical (unpaired) electrons. The first-order valence-corrected chi connectivity index (χ1v) is 9.64. The Kier molecular flexibility index (Phi) is 10.8. The molecule has 2 N–H and O–H groups in total. The predicted molar refractivity (Wildman–Crippen MR) is 115 cm³/mol. The summed E-state index contributed by atoms with van der Waals surface area (Å²) in [5.74, 6) is 0.892. The van der Waals surface area contributed by atoms with Crippen LogP contribution in [0.4, 0.5) is 0 Å². The maximum Gasteiger partial charge on any atom is 0.191 e. The summed E-state index contributed by atoms with van der Waals surface area (Å²) in [6.45, 7) is 8.57. The summed E-state index contributed by atoms with van der Waals surface area (Å²) >= 11 is 1.77. The fraction of sp³-hybridized carbons (Fsp3) is 0.765. The van der Waals surface area contributed by atoms with Crippen LogP contribution in [0.25, 0.3) is 0 Å². The Morgan fingerprint density at radius 2 is 2.17 bits per heavy atom. The highest BCUT2D eigenvalue weighted by Gasteiger charge is 2.19. The highest BCUT2D eigenvalue weighted by atomic mass is 127. The predicted octanol–water partition coefficient (Wildman–Crippen LogP) is 3.04. The Morgan fingerprint density at radius 1 is 1.38 bits per heavy atom. The largest absolute Gasteiger partial charge is 0.356 e. The van der Waals surface area contributed by atoms with E-state index < -0.39 is 0 Å². The lowest BCUT2D eigenvalue weighted by molar-refractivity contribution is 0.147. The molecular formula is C17H32IN5S. The number of halogens is 1. The van der Waals surface area contributed by atoms with E-state index in [2.05, 4.69) is 39.4 Å². The Labute approximate surface area is 167 Å². The molecule has 0 aliphatic carbocycles. The zero-order chi connectivity index (χ0) is 16.5. The monoisotopic (exact) mass is 465 g/mol. The van der Waals surface area contributed by atoms with Crippen molar-refractivity contribution in [2.45, 2.75) is 52.0 Å². The van der Waals surface area contributed by atoms with Crippen LogP contribution in [0.5, 0.6) is 0 Å². The van der Waals surface area contributed by atoms with Crippen LogP contribution in [0.3, 0.4) is 0 Å². The van der Waals surface area contributed by atoms with Gasteiger partial charge in [-0.3, -0.25) is 9.89 Å². The maximum atomic E-state index is 4.39. The summed E-state index contributed by atoms with van der Waals surface area (Å²) in [5, 5.41) is 7.99. The molecule has 0 bridgehead atoms. The summed E-state index contributed by atoms with van der Waals surface area (Å²) in [6, 6.07) is 0.772. The zero-order valence-electron chi connectivity index (χ0n) is 15.2. The zero-order valence-corrected chi connectivity index (χ0v) is 18.3. The molecule has 0 spiro atoms. The second-order valence-electron chi connectivity index (χ2n) is 6.13. The molecule has 2 heterocycles. The first-order valence-electron chi connectivity index (χ1n) is 8.82. The van der Waals surface area contributed by atoms with E-state index in [0.717, 1.165) is 38.1 Å². The van der Waals surface area contributed by atoms with E-state index >= 15 is 0 Å². The van der Waals surface area contributed by atoms with Crippen molar-refractivity contribution >= 4 is 41.3 Å². The van der Waals surface area contributed by atoms with E-state index in [4.69, 9.17) is 0 Å². The van der Waals surface area contributed by atoms with Gasteiger partial charge in [-0.15, -0.1) is 35.3 Å². The number of piperidine rings is 1. The maximum absolute atomic E-state index is 4.39. The van der Waals surface area contributed by atoms with Gasteiger partial charge in [0.15, 0.2) is 5.96 Å². The third-order valence-corrected chi connectivity index (χ3v) is 5.41. The summed E-state index contributed by atoms with van der Waals surface area (Å²) in [5.41, 5.74) is 0. The Hall–Kier alpha value is -0.410. The summed E-state index contributed by atoms with van der Waals surface area (Å²) in [7, 11) is 1.83. The molecule has 138 valence electrons. The highest BCUT2D eigenvalue weighted by molar-refractivity contribution is 14.0. The van der Waals surface area contributed by atoms with Gasteiger partial charge in [0.05, 0.1) is 5.01 Å². The summed E-state index contributed by atoms with van der Waals surface area (Å²) < 4.78 is 0. The molecule has 2 rings (SSSR count). The molecule has 24 heavy (non-hydrogen) atoms.